The van der Waals surface area contributed by atoms with Crippen LogP contribution in [0.25, 0.3) is 38.9 Å². The Bertz CT molecular complexity index is 3120. The Morgan fingerprint density at radius 3 is 2.13 bits per heavy atom. The van der Waals surface area contributed by atoms with Gasteiger partial charge in [0.1, 0.15) is 11.5 Å². The van der Waals surface area contributed by atoms with Crippen LogP contribution in [0.15, 0.2) is 174 Å². The summed E-state index contributed by atoms with van der Waals surface area (Å²) in [4.78, 5) is 15.0. The minimum atomic E-state index is -0.759. The van der Waals surface area contributed by atoms with Crippen LogP contribution in [-0.4, -0.2) is 14.5 Å². The fourth-order valence-electron chi connectivity index (χ4n) is 9.15. The van der Waals surface area contributed by atoms with E-state index in [1.807, 2.05) is 48.8 Å². The quantitative estimate of drug-likeness (QED) is 0.177. The lowest BCUT2D eigenvalue weighted by molar-refractivity contribution is 0.436. The molecule has 12 rings (SSSR count). The normalized spacial score (nSPS) is 15.7. The molecule has 6 aromatic carbocycles. The van der Waals surface area contributed by atoms with Crippen molar-refractivity contribution in [2.24, 2.45) is 0 Å². The lowest BCUT2D eigenvalue weighted by atomic mass is 9.66. The van der Waals surface area contributed by atoms with Crippen LogP contribution in [0, 0.1) is 11.3 Å². The molecule has 2 aliphatic heterocycles. The molecule has 3 aliphatic rings. The van der Waals surface area contributed by atoms with Crippen molar-refractivity contribution in [3.05, 3.63) is 192 Å². The maximum absolute atomic E-state index is 9.78. The molecule has 0 N–H and O–H groups in total. The Labute approximate surface area is 320 Å². The first kappa shape index (κ1) is 30.3. The summed E-state index contributed by atoms with van der Waals surface area (Å²) >= 11 is 1.80. The van der Waals surface area contributed by atoms with Gasteiger partial charge in [-0.3, -0.25) is 9.97 Å². The molecular formula is C48H27N5OS. The average Bonchev–Trinajstić information content (AvgIpc) is 3.72. The summed E-state index contributed by atoms with van der Waals surface area (Å²) in [6.07, 6.45) is 3.81. The number of fused-ring (bicyclic) bond motifs is 14. The number of para-hydroxylation sites is 4. The lowest BCUT2D eigenvalue weighted by Gasteiger charge is -2.40. The maximum atomic E-state index is 9.78. The minimum absolute atomic E-state index is 0.632. The minimum Gasteiger partial charge on any atom is -0.457 e. The van der Waals surface area contributed by atoms with Gasteiger partial charge < -0.3 is 14.2 Å². The van der Waals surface area contributed by atoms with Crippen molar-refractivity contribution >= 4 is 50.6 Å². The van der Waals surface area contributed by atoms with Gasteiger partial charge in [0.15, 0.2) is 0 Å². The highest BCUT2D eigenvalue weighted by Gasteiger charge is 2.52. The SMILES string of the molecule is N#Cc1ccc2c(c1)c1ccccc1n2-c1cnc2c(c1)C1(c3ccccc3Oc3cc(N4c5ccccc5Sc5ccccc54)ccc31)c1cccnc1-2. The third-order valence-corrected chi connectivity index (χ3v) is 12.5. The third kappa shape index (κ3) is 4.04. The van der Waals surface area contributed by atoms with E-state index >= 15 is 0 Å². The van der Waals surface area contributed by atoms with Crippen molar-refractivity contribution in [1.29, 1.82) is 5.26 Å². The van der Waals surface area contributed by atoms with Crippen LogP contribution < -0.4 is 9.64 Å². The molecule has 55 heavy (non-hydrogen) atoms. The molecule has 3 aromatic heterocycles. The molecule has 9 aromatic rings. The van der Waals surface area contributed by atoms with Crippen LogP contribution in [0.4, 0.5) is 17.1 Å². The Morgan fingerprint density at radius 2 is 1.27 bits per heavy atom. The zero-order valence-electron chi connectivity index (χ0n) is 29.1. The Hall–Kier alpha value is -7.14. The molecule has 1 spiro atoms. The van der Waals surface area contributed by atoms with Gasteiger partial charge in [0.2, 0.25) is 0 Å². The molecule has 0 fully saturated rings. The first-order valence-electron chi connectivity index (χ1n) is 18.2. The molecule has 7 heteroatoms. The molecular weight excluding hydrogens is 695 g/mol. The molecule has 5 heterocycles. The van der Waals surface area contributed by atoms with Crippen LogP contribution in [0.5, 0.6) is 11.5 Å². The van der Waals surface area contributed by atoms with Crippen molar-refractivity contribution in [3.63, 3.8) is 0 Å². The lowest BCUT2D eigenvalue weighted by Crippen LogP contribution is -2.32. The Kier molecular flexibility index (Phi) is 6.17. The molecule has 1 aliphatic carbocycles. The van der Waals surface area contributed by atoms with E-state index in [9.17, 15) is 5.26 Å². The molecule has 0 saturated carbocycles. The number of benzene rings is 6. The van der Waals surface area contributed by atoms with E-state index in [0.29, 0.717) is 5.56 Å². The van der Waals surface area contributed by atoms with Gasteiger partial charge in [0, 0.05) is 55.2 Å². The summed E-state index contributed by atoms with van der Waals surface area (Å²) in [6, 6.07) is 55.3. The van der Waals surface area contributed by atoms with Gasteiger partial charge in [0.25, 0.3) is 0 Å². The van der Waals surface area contributed by atoms with Crippen LogP contribution in [0.3, 0.4) is 0 Å². The number of rotatable bonds is 2. The van der Waals surface area contributed by atoms with E-state index in [1.54, 1.807) is 11.8 Å². The van der Waals surface area contributed by atoms with Gasteiger partial charge in [-0.25, -0.2) is 0 Å². The number of aromatic nitrogens is 3. The zero-order valence-corrected chi connectivity index (χ0v) is 30.0. The van der Waals surface area contributed by atoms with Crippen molar-refractivity contribution in [2.75, 3.05) is 4.90 Å². The van der Waals surface area contributed by atoms with E-state index in [4.69, 9.17) is 14.7 Å². The summed E-state index contributed by atoms with van der Waals surface area (Å²) in [5, 5.41) is 11.9. The molecule has 1 atom stereocenters. The van der Waals surface area contributed by atoms with Gasteiger partial charge in [0.05, 0.1) is 62.7 Å². The van der Waals surface area contributed by atoms with Crippen molar-refractivity contribution < 1.29 is 4.74 Å². The number of pyridine rings is 2. The second-order valence-corrected chi connectivity index (χ2v) is 15.2. The van der Waals surface area contributed by atoms with E-state index in [1.165, 1.54) is 9.79 Å². The summed E-state index contributed by atoms with van der Waals surface area (Å²) < 4.78 is 9.20. The average molecular weight is 722 g/mol. The predicted molar refractivity (Wildman–Crippen MR) is 217 cm³/mol. The van der Waals surface area contributed by atoms with Crippen LogP contribution >= 0.6 is 11.8 Å². The van der Waals surface area contributed by atoms with Crippen molar-refractivity contribution in [2.45, 2.75) is 15.2 Å². The highest BCUT2D eigenvalue weighted by molar-refractivity contribution is 7.99. The maximum Gasteiger partial charge on any atom is 0.134 e. The third-order valence-electron chi connectivity index (χ3n) is 11.3. The van der Waals surface area contributed by atoms with E-state index in [-0.39, 0.29) is 0 Å². The number of ether oxygens (including phenoxy) is 1. The molecule has 0 radical (unpaired) electrons. The van der Waals surface area contributed by atoms with Gasteiger partial charge in [-0.2, -0.15) is 5.26 Å². The number of anilines is 3. The molecule has 0 saturated heterocycles. The highest BCUT2D eigenvalue weighted by atomic mass is 32.2. The smallest absolute Gasteiger partial charge is 0.134 e. The van der Waals surface area contributed by atoms with Crippen LogP contribution in [-0.2, 0) is 5.41 Å². The Morgan fingerprint density at radius 1 is 0.564 bits per heavy atom. The first-order chi connectivity index (χ1) is 27.2. The monoisotopic (exact) mass is 721 g/mol. The molecule has 6 nitrogen and oxygen atoms in total. The van der Waals surface area contributed by atoms with Gasteiger partial charge in [-0.05, 0) is 78.4 Å². The summed E-state index contributed by atoms with van der Waals surface area (Å²) in [5.74, 6) is 1.59. The van der Waals surface area contributed by atoms with E-state index < -0.39 is 5.41 Å². The van der Waals surface area contributed by atoms with Crippen LogP contribution in [0.1, 0.15) is 27.8 Å². The van der Waals surface area contributed by atoms with Gasteiger partial charge in [-0.1, -0.05) is 84.6 Å². The Balaban J connectivity index is 1.13. The fraction of sp³-hybridized carbons (Fsp3) is 0.0208. The molecule has 0 amide bonds. The van der Waals surface area contributed by atoms with Gasteiger partial charge in [-0.15, -0.1) is 0 Å². The fourth-order valence-corrected chi connectivity index (χ4v) is 10.2. The number of nitriles is 1. The van der Waals surface area contributed by atoms with Crippen molar-refractivity contribution in [3.8, 4) is 34.6 Å². The molecule has 0 bridgehead atoms. The second kappa shape index (κ2) is 11.2. The second-order valence-electron chi connectivity index (χ2n) is 14.1. The summed E-state index contributed by atoms with van der Waals surface area (Å²) in [7, 11) is 0. The number of hydrogen-bond donors (Lipinski definition) is 0. The van der Waals surface area contributed by atoms with E-state index in [2.05, 4.69) is 131 Å². The molecule has 1 unspecified atom stereocenters. The van der Waals surface area contributed by atoms with E-state index in [0.717, 1.165) is 89.7 Å². The van der Waals surface area contributed by atoms with Crippen LogP contribution in [0.2, 0.25) is 0 Å². The topological polar surface area (TPSA) is 67.0 Å². The predicted octanol–water partition coefficient (Wildman–Crippen LogP) is 11.8. The largest absolute Gasteiger partial charge is 0.457 e. The highest BCUT2D eigenvalue weighted by Crippen LogP contribution is 2.62. The zero-order chi connectivity index (χ0) is 36.3. The van der Waals surface area contributed by atoms with Gasteiger partial charge >= 0.3 is 0 Å². The molecule has 256 valence electrons. The standard InChI is InChI=1S/C48H27N5OS/c49-27-29-19-22-39-33(24-29)32-10-1-3-13-38(32)53(39)31-25-37-47(51-28-31)46-36(12-9-23-50-46)48(37)34-11-2-6-16-42(34)54-43-26-30(20-21-35(43)48)52-40-14-4-7-17-44(40)55-45-18-8-5-15-41(45)52/h1-26,28H. The number of hydrogen-bond acceptors (Lipinski definition) is 6. The van der Waals surface area contributed by atoms with Crippen molar-refractivity contribution in [1.82, 2.24) is 14.5 Å². The number of nitrogens with zero attached hydrogens (tertiary/aromatic N) is 5. The summed E-state index contributed by atoms with van der Waals surface area (Å²) in [5.41, 5.74) is 12.1. The summed E-state index contributed by atoms with van der Waals surface area (Å²) in [6.45, 7) is 0. The first-order valence-corrected chi connectivity index (χ1v) is 19.0.